The van der Waals surface area contributed by atoms with Crippen LogP contribution in [0.1, 0.15) is 30.5 Å². The van der Waals surface area contributed by atoms with Crippen molar-refractivity contribution in [3.63, 3.8) is 0 Å². The Kier molecular flexibility index (Phi) is 3.73. The van der Waals surface area contributed by atoms with E-state index in [1.54, 1.807) is 13.8 Å². The zero-order chi connectivity index (χ0) is 17.7. The lowest BCUT2D eigenvalue weighted by atomic mass is 9.75. The predicted octanol–water partition coefficient (Wildman–Crippen LogP) is 5.23. The summed E-state index contributed by atoms with van der Waals surface area (Å²) in [6, 6.07) is 8.52. The Hall–Kier alpha value is -2.24. The Balaban J connectivity index is 2.35. The number of rotatable bonds is 2. The molecule has 0 unspecified atom stereocenters. The summed E-state index contributed by atoms with van der Waals surface area (Å²) in [5, 5.41) is 0. The number of aliphatic imine (C=N–C) groups is 1. The van der Waals surface area contributed by atoms with Gasteiger partial charge in [-0.15, -0.1) is 0 Å². The number of fused-ring (bicyclic) bond motifs is 1. The lowest BCUT2D eigenvalue weighted by molar-refractivity contribution is -0.0582. The van der Waals surface area contributed by atoms with Gasteiger partial charge >= 0.3 is 6.18 Å². The van der Waals surface area contributed by atoms with Gasteiger partial charge in [-0.25, -0.2) is 8.78 Å². The smallest absolute Gasteiger partial charge is 0.263 e. The van der Waals surface area contributed by atoms with Gasteiger partial charge in [0.25, 0.3) is 0 Å². The zero-order valence-electron chi connectivity index (χ0n) is 13.0. The van der Waals surface area contributed by atoms with E-state index in [9.17, 15) is 22.0 Å². The highest BCUT2D eigenvalue weighted by atomic mass is 19.4. The monoisotopic (exact) mass is 339 g/mol. The average molecular weight is 339 g/mol. The van der Waals surface area contributed by atoms with Gasteiger partial charge in [-0.2, -0.15) is 13.2 Å². The fourth-order valence-electron chi connectivity index (χ4n) is 3.26. The van der Waals surface area contributed by atoms with Gasteiger partial charge in [-0.1, -0.05) is 32.0 Å². The molecule has 6 heteroatoms. The van der Waals surface area contributed by atoms with Crippen molar-refractivity contribution in [1.29, 1.82) is 0 Å². The fourth-order valence-corrected chi connectivity index (χ4v) is 3.26. The first-order chi connectivity index (χ1) is 11.2. The maximum atomic E-state index is 13.6. The van der Waals surface area contributed by atoms with Crippen LogP contribution in [-0.2, 0) is 5.54 Å². The molecule has 2 aromatic rings. The van der Waals surface area contributed by atoms with E-state index in [1.807, 2.05) is 0 Å². The Morgan fingerprint density at radius 3 is 2.04 bits per heavy atom. The van der Waals surface area contributed by atoms with E-state index < -0.39 is 29.1 Å². The van der Waals surface area contributed by atoms with E-state index in [4.69, 9.17) is 0 Å². The number of alkyl halides is 3. The van der Waals surface area contributed by atoms with E-state index in [2.05, 4.69) is 4.99 Å². The summed E-state index contributed by atoms with van der Waals surface area (Å²) in [5.74, 6) is -1.61. The molecule has 0 amide bonds. The van der Waals surface area contributed by atoms with Crippen molar-refractivity contribution in [2.24, 2.45) is 10.9 Å². The van der Waals surface area contributed by atoms with Crippen LogP contribution in [0, 0.1) is 17.6 Å². The Morgan fingerprint density at radius 2 is 1.50 bits per heavy atom. The van der Waals surface area contributed by atoms with E-state index >= 15 is 0 Å². The summed E-state index contributed by atoms with van der Waals surface area (Å²) in [4.78, 5) is 4.00. The molecule has 0 spiro atoms. The second kappa shape index (κ2) is 5.40. The SMILES string of the molecule is CC(C)[C@@]1(c2ccc(F)cc2)N=C(C(F)(F)F)c2cc(F)ccc21. The minimum atomic E-state index is -4.71. The van der Waals surface area contributed by atoms with Crippen LogP contribution in [0.2, 0.25) is 0 Å². The topological polar surface area (TPSA) is 12.4 Å². The van der Waals surface area contributed by atoms with Gasteiger partial charge in [0.05, 0.1) is 0 Å². The second-order valence-electron chi connectivity index (χ2n) is 6.08. The van der Waals surface area contributed by atoms with Crippen molar-refractivity contribution >= 4 is 5.71 Å². The minimum absolute atomic E-state index is 0.263. The number of hydrogen-bond acceptors (Lipinski definition) is 1. The van der Waals surface area contributed by atoms with Crippen LogP contribution < -0.4 is 0 Å². The highest BCUT2D eigenvalue weighted by molar-refractivity contribution is 6.08. The van der Waals surface area contributed by atoms with Crippen LogP contribution in [0.25, 0.3) is 0 Å². The number of nitrogens with zero attached hydrogens (tertiary/aromatic N) is 1. The summed E-state index contributed by atoms with van der Waals surface area (Å²) in [6.45, 7) is 3.47. The highest BCUT2D eigenvalue weighted by Crippen LogP contribution is 2.49. The van der Waals surface area contributed by atoms with Crippen molar-refractivity contribution in [2.45, 2.75) is 25.6 Å². The van der Waals surface area contributed by atoms with Gasteiger partial charge < -0.3 is 0 Å². The van der Waals surface area contributed by atoms with Crippen LogP contribution in [-0.4, -0.2) is 11.9 Å². The third kappa shape index (κ3) is 2.41. The van der Waals surface area contributed by atoms with E-state index in [0.29, 0.717) is 5.56 Å². The molecule has 0 aromatic heterocycles. The lowest BCUT2D eigenvalue weighted by Crippen LogP contribution is -2.30. The zero-order valence-corrected chi connectivity index (χ0v) is 13.0. The maximum Gasteiger partial charge on any atom is 0.433 e. The summed E-state index contributed by atoms with van der Waals surface area (Å²) in [7, 11) is 0. The fraction of sp³-hybridized carbons (Fsp3) is 0.278. The molecular formula is C18H14F5N. The highest BCUT2D eigenvalue weighted by Gasteiger charge is 2.51. The number of benzene rings is 2. The largest absolute Gasteiger partial charge is 0.433 e. The van der Waals surface area contributed by atoms with Crippen molar-refractivity contribution in [2.75, 3.05) is 0 Å². The van der Waals surface area contributed by atoms with Gasteiger partial charge in [0.1, 0.15) is 22.9 Å². The van der Waals surface area contributed by atoms with E-state index in [0.717, 1.165) is 12.1 Å². The van der Waals surface area contributed by atoms with Gasteiger partial charge in [0, 0.05) is 5.56 Å². The van der Waals surface area contributed by atoms with Crippen LogP contribution in [0.3, 0.4) is 0 Å². The lowest BCUT2D eigenvalue weighted by Gasteiger charge is -2.32. The molecule has 1 aliphatic heterocycles. The first kappa shape index (κ1) is 16.6. The third-order valence-electron chi connectivity index (χ3n) is 4.32. The van der Waals surface area contributed by atoms with E-state index in [1.165, 1.54) is 30.3 Å². The minimum Gasteiger partial charge on any atom is -0.263 e. The molecule has 0 N–H and O–H groups in total. The molecule has 1 aliphatic rings. The number of hydrogen-bond donors (Lipinski definition) is 0. The molecular weight excluding hydrogens is 325 g/mol. The molecule has 1 nitrogen and oxygen atoms in total. The van der Waals surface area contributed by atoms with Gasteiger partial charge in [0.2, 0.25) is 0 Å². The Morgan fingerprint density at radius 1 is 0.917 bits per heavy atom. The quantitative estimate of drug-likeness (QED) is 0.665. The Labute approximate surface area is 135 Å². The molecule has 0 radical (unpaired) electrons. The molecule has 24 heavy (non-hydrogen) atoms. The van der Waals surface area contributed by atoms with Crippen LogP contribution in [0.5, 0.6) is 0 Å². The molecule has 0 fully saturated rings. The van der Waals surface area contributed by atoms with Crippen molar-refractivity contribution in [3.8, 4) is 0 Å². The van der Waals surface area contributed by atoms with Gasteiger partial charge in [0.15, 0.2) is 0 Å². The van der Waals surface area contributed by atoms with Crippen LogP contribution >= 0.6 is 0 Å². The van der Waals surface area contributed by atoms with Crippen molar-refractivity contribution in [1.82, 2.24) is 0 Å². The summed E-state index contributed by atoms with van der Waals surface area (Å²) >= 11 is 0. The van der Waals surface area contributed by atoms with E-state index in [-0.39, 0.29) is 17.0 Å². The molecule has 0 saturated carbocycles. The normalized spacial score (nSPS) is 20.2. The molecule has 0 aliphatic carbocycles. The third-order valence-corrected chi connectivity index (χ3v) is 4.32. The molecule has 0 bridgehead atoms. The Bertz CT molecular complexity index is 805. The predicted molar refractivity (Wildman–Crippen MR) is 81.0 cm³/mol. The van der Waals surface area contributed by atoms with Crippen molar-refractivity contribution < 1.29 is 22.0 Å². The second-order valence-corrected chi connectivity index (χ2v) is 6.08. The van der Waals surface area contributed by atoms with Crippen LogP contribution in [0.4, 0.5) is 22.0 Å². The molecule has 0 saturated heterocycles. The molecule has 126 valence electrons. The molecule has 1 atom stereocenters. The molecule has 2 aromatic carbocycles. The first-order valence-corrected chi connectivity index (χ1v) is 7.39. The standard InChI is InChI=1S/C18H14F5N/c1-10(2)17(11-3-5-12(19)6-4-11)15-8-7-13(20)9-14(15)16(24-17)18(21,22)23/h3-10H,1-2H3/t17-/m0/s1. The number of halogens is 5. The first-order valence-electron chi connectivity index (χ1n) is 7.39. The summed E-state index contributed by atoms with van der Waals surface area (Å²) in [5.41, 5.74) is -1.99. The maximum absolute atomic E-state index is 13.6. The van der Waals surface area contributed by atoms with Crippen molar-refractivity contribution in [3.05, 3.63) is 70.8 Å². The average Bonchev–Trinajstić information content (AvgIpc) is 2.83. The summed E-state index contributed by atoms with van der Waals surface area (Å²) < 4.78 is 67.1. The van der Waals surface area contributed by atoms with Gasteiger partial charge in [-0.3, -0.25) is 4.99 Å². The molecule has 3 rings (SSSR count). The van der Waals surface area contributed by atoms with Crippen LogP contribution in [0.15, 0.2) is 47.5 Å². The molecule has 1 heterocycles. The van der Waals surface area contributed by atoms with Gasteiger partial charge in [-0.05, 0) is 41.3 Å². The summed E-state index contributed by atoms with van der Waals surface area (Å²) in [6.07, 6.45) is -4.71.